The summed E-state index contributed by atoms with van der Waals surface area (Å²) in [5.74, 6) is 0.252. The number of hydrogen-bond acceptors (Lipinski definition) is 6. The van der Waals surface area contributed by atoms with Gasteiger partial charge in [0, 0.05) is 33.2 Å². The summed E-state index contributed by atoms with van der Waals surface area (Å²) >= 11 is 0. The summed E-state index contributed by atoms with van der Waals surface area (Å²) in [6, 6.07) is 0.0445. The molecule has 94 valence electrons. The lowest BCUT2D eigenvalue weighted by Crippen LogP contribution is -2.44. The molecule has 17 heavy (non-hydrogen) atoms. The molecule has 0 aromatic carbocycles. The molecular weight excluding hydrogens is 222 g/mol. The summed E-state index contributed by atoms with van der Waals surface area (Å²) in [7, 11) is 1.54. The lowest BCUT2D eigenvalue weighted by Gasteiger charge is -2.30. The van der Waals surface area contributed by atoms with Crippen molar-refractivity contribution in [2.75, 3.05) is 33.2 Å². The van der Waals surface area contributed by atoms with Gasteiger partial charge in [0.2, 0.25) is 5.89 Å². The van der Waals surface area contributed by atoms with Crippen LogP contribution in [-0.4, -0.2) is 54.2 Å². The van der Waals surface area contributed by atoms with Crippen molar-refractivity contribution < 1.29 is 9.32 Å². The maximum absolute atomic E-state index is 11.3. The second-order valence-corrected chi connectivity index (χ2v) is 4.00. The van der Waals surface area contributed by atoms with Gasteiger partial charge in [0.1, 0.15) is 0 Å². The Bertz CT molecular complexity index is 386. The number of piperazine rings is 1. The smallest absolute Gasteiger partial charge is 0.292 e. The van der Waals surface area contributed by atoms with Gasteiger partial charge in [0.05, 0.1) is 6.04 Å². The largest absolute Gasteiger partial charge is 0.352 e. The van der Waals surface area contributed by atoms with E-state index in [4.69, 9.17) is 4.52 Å². The van der Waals surface area contributed by atoms with E-state index < -0.39 is 0 Å². The molecule has 1 saturated heterocycles. The third-order valence-corrected chi connectivity index (χ3v) is 2.93. The Morgan fingerprint density at radius 3 is 2.88 bits per heavy atom. The van der Waals surface area contributed by atoms with Gasteiger partial charge >= 0.3 is 0 Å². The summed E-state index contributed by atoms with van der Waals surface area (Å²) in [6.45, 7) is 5.81. The average molecular weight is 239 g/mol. The molecule has 0 saturated carbocycles. The van der Waals surface area contributed by atoms with E-state index in [1.165, 1.54) is 7.05 Å². The van der Waals surface area contributed by atoms with E-state index in [1.54, 1.807) is 0 Å². The number of hydrogen-bond donors (Lipinski definition) is 2. The number of carbonyl (C=O) groups excluding carboxylic acids is 1. The highest BCUT2D eigenvalue weighted by atomic mass is 16.5. The van der Waals surface area contributed by atoms with Crippen LogP contribution >= 0.6 is 0 Å². The zero-order valence-corrected chi connectivity index (χ0v) is 10.1. The van der Waals surface area contributed by atoms with Gasteiger partial charge in [0.25, 0.3) is 11.7 Å². The third-order valence-electron chi connectivity index (χ3n) is 2.93. The quantitative estimate of drug-likeness (QED) is 0.732. The van der Waals surface area contributed by atoms with Crippen molar-refractivity contribution in [3.8, 4) is 0 Å². The van der Waals surface area contributed by atoms with Crippen LogP contribution in [0, 0.1) is 0 Å². The highest BCUT2D eigenvalue weighted by molar-refractivity contribution is 5.89. The van der Waals surface area contributed by atoms with Crippen LogP contribution in [-0.2, 0) is 0 Å². The molecule has 0 spiro atoms. The highest BCUT2D eigenvalue weighted by Crippen LogP contribution is 2.18. The van der Waals surface area contributed by atoms with E-state index in [0.29, 0.717) is 5.89 Å². The van der Waals surface area contributed by atoms with Gasteiger partial charge < -0.3 is 15.2 Å². The van der Waals surface area contributed by atoms with E-state index in [2.05, 4.69) is 25.7 Å². The van der Waals surface area contributed by atoms with Crippen LogP contribution in [0.1, 0.15) is 29.5 Å². The summed E-state index contributed by atoms with van der Waals surface area (Å²) in [5.41, 5.74) is 0. The maximum atomic E-state index is 11.3. The number of rotatable bonds is 3. The first kappa shape index (κ1) is 12.0. The fourth-order valence-corrected chi connectivity index (χ4v) is 1.83. The Morgan fingerprint density at radius 1 is 1.53 bits per heavy atom. The first-order valence-electron chi connectivity index (χ1n) is 5.73. The highest BCUT2D eigenvalue weighted by Gasteiger charge is 2.24. The Morgan fingerprint density at radius 2 is 2.24 bits per heavy atom. The average Bonchev–Trinajstić information content (AvgIpc) is 2.87. The SMILES string of the molecule is CNC(=O)c1noc(C(C)N2CCNCC2)n1. The molecule has 1 fully saturated rings. The number of aromatic nitrogens is 2. The maximum Gasteiger partial charge on any atom is 0.292 e. The normalized spacial score (nSPS) is 18.9. The molecule has 2 heterocycles. The van der Waals surface area contributed by atoms with Crippen molar-refractivity contribution in [1.29, 1.82) is 0 Å². The number of nitrogens with zero attached hydrogens (tertiary/aromatic N) is 3. The molecule has 2 rings (SSSR count). The van der Waals surface area contributed by atoms with Crippen LogP contribution in [0.4, 0.5) is 0 Å². The molecule has 1 aromatic rings. The molecule has 0 aliphatic carbocycles. The molecule has 1 amide bonds. The van der Waals surface area contributed by atoms with Crippen LogP contribution in [0.15, 0.2) is 4.52 Å². The zero-order valence-electron chi connectivity index (χ0n) is 10.1. The van der Waals surface area contributed by atoms with Crippen LogP contribution in [0.2, 0.25) is 0 Å². The van der Waals surface area contributed by atoms with Crippen molar-refractivity contribution in [3.63, 3.8) is 0 Å². The van der Waals surface area contributed by atoms with Gasteiger partial charge in [-0.25, -0.2) is 0 Å². The predicted molar refractivity (Wildman–Crippen MR) is 60.5 cm³/mol. The molecule has 1 unspecified atom stereocenters. The van der Waals surface area contributed by atoms with Gasteiger partial charge in [0.15, 0.2) is 0 Å². The molecule has 1 aliphatic heterocycles. The number of amides is 1. The minimum absolute atomic E-state index is 0.0445. The fraction of sp³-hybridized carbons (Fsp3) is 0.700. The van der Waals surface area contributed by atoms with Crippen LogP contribution in [0.3, 0.4) is 0 Å². The second-order valence-electron chi connectivity index (χ2n) is 4.00. The van der Waals surface area contributed by atoms with Crippen LogP contribution in [0.5, 0.6) is 0 Å². The van der Waals surface area contributed by atoms with Gasteiger partial charge in [-0.2, -0.15) is 4.98 Å². The van der Waals surface area contributed by atoms with E-state index in [0.717, 1.165) is 26.2 Å². The van der Waals surface area contributed by atoms with Gasteiger partial charge in [-0.1, -0.05) is 5.16 Å². The van der Waals surface area contributed by atoms with E-state index in [-0.39, 0.29) is 17.8 Å². The number of nitrogens with one attached hydrogen (secondary N) is 2. The van der Waals surface area contributed by atoms with Crippen molar-refractivity contribution in [2.24, 2.45) is 0 Å². The lowest BCUT2D eigenvalue weighted by molar-refractivity contribution is 0.0949. The molecule has 0 radical (unpaired) electrons. The molecular formula is C10H17N5O2. The van der Waals surface area contributed by atoms with Gasteiger partial charge in [-0.05, 0) is 6.92 Å². The van der Waals surface area contributed by atoms with Crippen molar-refractivity contribution in [2.45, 2.75) is 13.0 Å². The molecule has 7 nitrogen and oxygen atoms in total. The van der Waals surface area contributed by atoms with Gasteiger partial charge in [-0.15, -0.1) is 0 Å². The Hall–Kier alpha value is -1.47. The molecule has 1 aliphatic rings. The fourth-order valence-electron chi connectivity index (χ4n) is 1.83. The summed E-state index contributed by atoms with van der Waals surface area (Å²) in [6.07, 6.45) is 0. The first-order valence-corrected chi connectivity index (χ1v) is 5.73. The van der Waals surface area contributed by atoms with Crippen LogP contribution in [0.25, 0.3) is 0 Å². The van der Waals surface area contributed by atoms with Crippen molar-refractivity contribution >= 4 is 5.91 Å². The summed E-state index contributed by atoms with van der Waals surface area (Å²) < 4.78 is 5.12. The number of carbonyl (C=O) groups is 1. The topological polar surface area (TPSA) is 83.3 Å². The van der Waals surface area contributed by atoms with Crippen LogP contribution < -0.4 is 10.6 Å². The minimum Gasteiger partial charge on any atom is -0.352 e. The monoisotopic (exact) mass is 239 g/mol. The van der Waals surface area contributed by atoms with Crippen molar-refractivity contribution in [1.82, 2.24) is 25.7 Å². The van der Waals surface area contributed by atoms with Crippen molar-refractivity contribution in [3.05, 3.63) is 11.7 Å². The zero-order chi connectivity index (χ0) is 12.3. The second kappa shape index (κ2) is 5.24. The third kappa shape index (κ3) is 2.62. The Kier molecular flexibility index (Phi) is 3.70. The van der Waals surface area contributed by atoms with Gasteiger partial charge in [-0.3, -0.25) is 9.69 Å². The molecule has 0 bridgehead atoms. The predicted octanol–water partition coefficient (Wildman–Crippen LogP) is -0.605. The molecule has 2 N–H and O–H groups in total. The first-order chi connectivity index (χ1) is 8.22. The molecule has 1 aromatic heterocycles. The Balaban J connectivity index is 2.05. The van der Waals surface area contributed by atoms with E-state index in [1.807, 2.05) is 6.92 Å². The molecule has 7 heteroatoms. The van der Waals surface area contributed by atoms with E-state index >= 15 is 0 Å². The lowest BCUT2D eigenvalue weighted by atomic mass is 10.2. The Labute approximate surface area is 99.6 Å². The molecule has 1 atom stereocenters. The standard InChI is InChI=1S/C10H17N5O2/c1-7(15-5-3-12-4-6-15)10-13-8(14-17-10)9(16)11-2/h7,12H,3-6H2,1-2H3,(H,11,16). The summed E-state index contributed by atoms with van der Waals surface area (Å²) in [4.78, 5) is 17.7. The minimum atomic E-state index is -0.326. The van der Waals surface area contributed by atoms with E-state index in [9.17, 15) is 4.79 Å². The summed E-state index contributed by atoms with van der Waals surface area (Å²) in [5, 5.41) is 9.41.